The largest absolute Gasteiger partial charge is 0.309 e. The van der Waals surface area contributed by atoms with E-state index in [1.54, 1.807) is 0 Å². The van der Waals surface area contributed by atoms with Crippen LogP contribution >= 0.6 is 0 Å². The third kappa shape index (κ3) is 3.36. The minimum atomic E-state index is 0.867. The highest BCUT2D eigenvalue weighted by molar-refractivity contribution is 6.11. The van der Waals surface area contributed by atoms with E-state index in [0.717, 1.165) is 50.0 Å². The average Bonchev–Trinajstić information content (AvgIpc) is 3.56. The van der Waals surface area contributed by atoms with E-state index in [2.05, 4.69) is 124 Å². The van der Waals surface area contributed by atoms with Gasteiger partial charge in [0.25, 0.3) is 0 Å². The number of para-hydroxylation sites is 5. The highest BCUT2D eigenvalue weighted by atomic mass is 15.1. The van der Waals surface area contributed by atoms with Crippen molar-refractivity contribution < 1.29 is 0 Å². The molecule has 0 amide bonds. The minimum Gasteiger partial charge on any atom is -0.309 e. The fourth-order valence-electron chi connectivity index (χ4n) is 6.39. The number of fused-ring (bicyclic) bond motifs is 7. The van der Waals surface area contributed by atoms with Gasteiger partial charge in [0.2, 0.25) is 0 Å². The summed E-state index contributed by atoms with van der Waals surface area (Å²) in [5, 5.41) is 3.59. The molecule has 42 heavy (non-hydrogen) atoms. The van der Waals surface area contributed by atoms with Crippen LogP contribution in [-0.2, 0) is 0 Å². The maximum Gasteiger partial charge on any atom is 0.165 e. The van der Waals surface area contributed by atoms with E-state index in [9.17, 15) is 0 Å². The van der Waals surface area contributed by atoms with Gasteiger partial charge in [0.15, 0.2) is 5.65 Å². The molecule has 9 aromatic rings. The van der Waals surface area contributed by atoms with Crippen LogP contribution in [0.2, 0.25) is 0 Å². The highest BCUT2D eigenvalue weighted by Gasteiger charge is 2.18. The Balaban J connectivity index is 1.32. The van der Waals surface area contributed by atoms with E-state index < -0.39 is 0 Å². The zero-order valence-electron chi connectivity index (χ0n) is 22.6. The highest BCUT2D eigenvalue weighted by Crippen LogP contribution is 2.37. The Morgan fingerprint density at radius 3 is 1.74 bits per heavy atom. The van der Waals surface area contributed by atoms with Crippen molar-refractivity contribution in [2.75, 3.05) is 0 Å². The first-order valence-electron chi connectivity index (χ1n) is 14.2. The molecule has 0 fully saturated rings. The van der Waals surface area contributed by atoms with Crippen LogP contribution in [0.1, 0.15) is 0 Å². The molecule has 0 bridgehead atoms. The summed E-state index contributed by atoms with van der Waals surface area (Å²) in [6.45, 7) is 0. The predicted molar refractivity (Wildman–Crippen MR) is 174 cm³/mol. The average molecular weight is 537 g/mol. The lowest BCUT2D eigenvalue weighted by atomic mass is 10.0. The van der Waals surface area contributed by atoms with Crippen molar-refractivity contribution in [3.63, 3.8) is 0 Å². The Kier molecular flexibility index (Phi) is 4.87. The number of benzene rings is 6. The van der Waals surface area contributed by atoms with Gasteiger partial charge in [-0.15, -0.1) is 0 Å². The van der Waals surface area contributed by atoms with Crippen molar-refractivity contribution >= 4 is 54.9 Å². The third-order valence-electron chi connectivity index (χ3n) is 8.29. The Hall–Kier alpha value is -5.74. The van der Waals surface area contributed by atoms with Crippen molar-refractivity contribution in [1.82, 2.24) is 19.1 Å². The fourth-order valence-corrected chi connectivity index (χ4v) is 6.39. The number of hydrogen-bond acceptors (Lipinski definition) is 2. The maximum atomic E-state index is 5.13. The molecular weight excluding hydrogens is 512 g/mol. The molecule has 0 unspecified atom stereocenters. The smallest absolute Gasteiger partial charge is 0.165 e. The molecule has 0 atom stereocenters. The molecule has 6 aromatic carbocycles. The van der Waals surface area contributed by atoms with Gasteiger partial charge in [-0.25, -0.2) is 9.97 Å². The molecule has 0 radical (unpaired) electrons. The van der Waals surface area contributed by atoms with Crippen LogP contribution in [0.5, 0.6) is 0 Å². The van der Waals surface area contributed by atoms with Crippen molar-refractivity contribution in [2.24, 2.45) is 0 Å². The fraction of sp³-hybridized carbons (Fsp3) is 0. The first kappa shape index (κ1) is 23.0. The van der Waals surface area contributed by atoms with Crippen LogP contribution in [-0.4, -0.2) is 19.1 Å². The lowest BCUT2D eigenvalue weighted by molar-refractivity contribution is 1.14. The van der Waals surface area contributed by atoms with Crippen LogP contribution in [0.25, 0.3) is 77.4 Å². The lowest BCUT2D eigenvalue weighted by Gasteiger charge is -2.09. The van der Waals surface area contributed by atoms with E-state index in [1.165, 1.54) is 27.4 Å². The van der Waals surface area contributed by atoms with Crippen LogP contribution in [0.3, 0.4) is 0 Å². The van der Waals surface area contributed by atoms with Gasteiger partial charge in [-0.2, -0.15) is 0 Å². The summed E-state index contributed by atoms with van der Waals surface area (Å²) in [6, 6.07) is 51.3. The van der Waals surface area contributed by atoms with Crippen molar-refractivity contribution in [2.45, 2.75) is 0 Å². The van der Waals surface area contributed by atoms with E-state index in [1.807, 2.05) is 30.3 Å². The van der Waals surface area contributed by atoms with Gasteiger partial charge >= 0.3 is 0 Å². The van der Waals surface area contributed by atoms with E-state index >= 15 is 0 Å². The van der Waals surface area contributed by atoms with Gasteiger partial charge in [-0.05, 0) is 71.8 Å². The summed E-state index contributed by atoms with van der Waals surface area (Å²) < 4.78 is 4.59. The Morgan fingerprint density at radius 2 is 0.952 bits per heavy atom. The summed E-state index contributed by atoms with van der Waals surface area (Å²) in [4.78, 5) is 10.2. The zero-order valence-corrected chi connectivity index (χ0v) is 22.6. The van der Waals surface area contributed by atoms with Crippen LogP contribution in [0.15, 0.2) is 146 Å². The number of hydrogen-bond donors (Lipinski definition) is 0. The normalized spacial score (nSPS) is 11.8. The third-order valence-corrected chi connectivity index (χ3v) is 8.29. The zero-order chi connectivity index (χ0) is 27.6. The molecule has 0 aliphatic heterocycles. The second kappa shape index (κ2) is 8.88. The molecule has 3 heterocycles. The van der Waals surface area contributed by atoms with E-state index in [4.69, 9.17) is 9.97 Å². The molecule has 0 saturated heterocycles. The van der Waals surface area contributed by atoms with Gasteiger partial charge < -0.3 is 4.57 Å². The number of aromatic nitrogens is 4. The van der Waals surface area contributed by atoms with Gasteiger partial charge in [-0.3, -0.25) is 4.57 Å². The molecule has 0 saturated carbocycles. The summed E-state index contributed by atoms with van der Waals surface area (Å²) in [6.07, 6.45) is 0. The van der Waals surface area contributed by atoms with Crippen LogP contribution in [0, 0.1) is 0 Å². The SMILES string of the molecule is c1ccc(-n2c3ccccc3c3ccc(-c4ccc5c(c4)c4nc6ccccc6nc4n5-c4ccccc4)cc32)cc1. The Labute approximate surface area is 241 Å². The molecule has 3 aromatic heterocycles. The topological polar surface area (TPSA) is 35.6 Å². The summed E-state index contributed by atoms with van der Waals surface area (Å²) in [7, 11) is 0. The van der Waals surface area contributed by atoms with Crippen LogP contribution in [0.4, 0.5) is 0 Å². The van der Waals surface area contributed by atoms with Crippen LogP contribution < -0.4 is 0 Å². The summed E-state index contributed by atoms with van der Waals surface area (Å²) >= 11 is 0. The van der Waals surface area contributed by atoms with E-state index in [-0.39, 0.29) is 0 Å². The molecular formula is C38H24N4. The molecule has 4 heteroatoms. The second-order valence-electron chi connectivity index (χ2n) is 10.7. The van der Waals surface area contributed by atoms with Crippen molar-refractivity contribution in [3.8, 4) is 22.5 Å². The van der Waals surface area contributed by atoms with Crippen molar-refractivity contribution in [3.05, 3.63) is 146 Å². The summed E-state index contributed by atoms with van der Waals surface area (Å²) in [5.74, 6) is 0. The first-order chi connectivity index (χ1) is 20.8. The monoisotopic (exact) mass is 536 g/mol. The molecule has 0 aliphatic carbocycles. The number of rotatable bonds is 3. The Morgan fingerprint density at radius 1 is 0.381 bits per heavy atom. The van der Waals surface area contributed by atoms with Crippen molar-refractivity contribution in [1.29, 1.82) is 0 Å². The van der Waals surface area contributed by atoms with E-state index in [0.29, 0.717) is 0 Å². The molecule has 4 nitrogen and oxygen atoms in total. The molecule has 0 aliphatic rings. The van der Waals surface area contributed by atoms with Gasteiger partial charge in [-0.1, -0.05) is 84.9 Å². The molecule has 0 spiro atoms. The minimum absolute atomic E-state index is 0.867. The van der Waals surface area contributed by atoms with Gasteiger partial charge in [0, 0.05) is 27.5 Å². The van der Waals surface area contributed by atoms with Gasteiger partial charge in [0.05, 0.1) is 27.6 Å². The second-order valence-corrected chi connectivity index (χ2v) is 10.7. The first-order valence-corrected chi connectivity index (χ1v) is 14.2. The quantitative estimate of drug-likeness (QED) is 0.225. The molecule has 196 valence electrons. The lowest BCUT2D eigenvalue weighted by Crippen LogP contribution is -1.96. The maximum absolute atomic E-state index is 5.13. The Bertz CT molecular complexity index is 2450. The number of nitrogens with zero attached hydrogens (tertiary/aromatic N) is 4. The standard InChI is InChI=1S/C38H24N4/c1-3-11-27(12-4-1)41-34-18-10-7-15-29(34)30-21-19-26(24-36(30)41)25-20-22-35-31(23-25)37-38(42(35)28-13-5-2-6-14-28)40-33-17-9-8-16-32(33)39-37/h1-24H. The molecule has 0 N–H and O–H groups in total. The molecule has 9 rings (SSSR count). The summed E-state index contributed by atoms with van der Waals surface area (Å²) in [5.41, 5.74) is 11.6. The predicted octanol–water partition coefficient (Wildman–Crippen LogP) is 9.49. The van der Waals surface area contributed by atoms with Gasteiger partial charge in [0.1, 0.15) is 5.52 Å².